The van der Waals surface area contributed by atoms with Crippen LogP contribution in [-0.4, -0.2) is 64.2 Å². The number of ether oxygens (including phenoxy) is 3. The molecule has 4 N–H and O–H groups in total. The minimum absolute atomic E-state index is 0.171. The third kappa shape index (κ3) is 3.40. The Morgan fingerprint density at radius 1 is 1.20 bits per heavy atom. The van der Waals surface area contributed by atoms with Gasteiger partial charge in [-0.25, -0.2) is 0 Å². The molecular weight excluding hydrogens is 424 g/mol. The molecule has 2 saturated heterocycles. The summed E-state index contributed by atoms with van der Waals surface area (Å²) in [5.74, 6) is -0.925. The number of halogens is 1. The van der Waals surface area contributed by atoms with Crippen molar-refractivity contribution in [3.05, 3.63) is 64.2 Å². The summed E-state index contributed by atoms with van der Waals surface area (Å²) in [4.78, 5) is 0. The molecule has 0 aliphatic carbocycles. The standard InChI is InChI=1S/C22H25ClO7/c1-2-28-16-6-3-13(4-7-16)9-14-10-15(5-8-17(14)23)22-20(27)18(25)19(26)21(11-24,30-22)12-29-22/h3-8,10,18-20,24-27H,2,9,11-12H2,1H3/t18-,19-,20+,21-,22-/m0/s1/i3+2,4+2,6+2,7+2,13+2,16+2. The van der Waals surface area contributed by atoms with Crippen LogP contribution < -0.4 is 4.74 Å². The van der Waals surface area contributed by atoms with E-state index in [1.165, 1.54) is 0 Å². The molecule has 2 fully saturated rings. The van der Waals surface area contributed by atoms with E-state index in [4.69, 9.17) is 25.8 Å². The fourth-order valence-electron chi connectivity index (χ4n) is 4.09. The molecule has 7 nitrogen and oxygen atoms in total. The number of aliphatic hydroxyl groups excluding tert-OH is 4. The van der Waals surface area contributed by atoms with Crippen molar-refractivity contribution in [3.63, 3.8) is 0 Å². The van der Waals surface area contributed by atoms with Crippen LogP contribution in [0.3, 0.4) is 0 Å². The molecular formula is C22H25ClO7. The molecule has 0 spiro atoms. The molecule has 0 aromatic heterocycles. The maximum Gasteiger partial charge on any atom is 0.225 e. The molecule has 30 heavy (non-hydrogen) atoms. The van der Waals surface area contributed by atoms with Gasteiger partial charge in [-0.05, 0) is 48.7 Å². The predicted octanol–water partition coefficient (Wildman–Crippen LogP) is 1.36. The van der Waals surface area contributed by atoms with Crippen molar-refractivity contribution in [1.29, 1.82) is 0 Å². The lowest BCUT2D eigenvalue weighted by Gasteiger charge is -2.46. The highest BCUT2D eigenvalue weighted by atomic mass is 35.5. The summed E-state index contributed by atoms with van der Waals surface area (Å²) in [6.45, 7) is 1.78. The van der Waals surface area contributed by atoms with Gasteiger partial charge in [0.15, 0.2) is 0 Å². The number of hydrogen-bond acceptors (Lipinski definition) is 7. The Kier molecular flexibility index (Phi) is 5.80. The van der Waals surface area contributed by atoms with Gasteiger partial charge < -0.3 is 34.6 Å². The van der Waals surface area contributed by atoms with E-state index in [-0.39, 0.29) is 6.61 Å². The maximum absolute atomic E-state index is 10.7. The third-order valence-electron chi connectivity index (χ3n) is 5.81. The largest absolute Gasteiger partial charge is 0.494 e. The average molecular weight is 449 g/mol. The fraction of sp³-hybridized carbons (Fsp3) is 0.455. The summed E-state index contributed by atoms with van der Waals surface area (Å²) >= 11 is 6.41. The lowest BCUT2D eigenvalue weighted by Crippen LogP contribution is -2.65. The molecule has 2 aromatic rings. The molecule has 162 valence electrons. The van der Waals surface area contributed by atoms with Crippen molar-refractivity contribution in [1.82, 2.24) is 0 Å². The monoisotopic (exact) mass is 448 g/mol. The van der Waals surface area contributed by atoms with Crippen molar-refractivity contribution >= 4 is 11.6 Å². The molecule has 5 atom stereocenters. The molecule has 2 bridgehead atoms. The number of hydrogen-bond donors (Lipinski definition) is 4. The molecule has 0 unspecified atom stereocenters. The van der Waals surface area contributed by atoms with Gasteiger partial charge in [-0.3, -0.25) is 0 Å². The van der Waals surface area contributed by atoms with E-state index in [1.807, 2.05) is 31.2 Å². The zero-order valence-electron chi connectivity index (χ0n) is 16.5. The summed E-state index contributed by atoms with van der Waals surface area (Å²) in [5, 5.41) is 41.7. The predicted molar refractivity (Wildman–Crippen MR) is 108 cm³/mol. The normalized spacial score (nSPS) is 32.9. The first kappa shape index (κ1) is 21.5. The average Bonchev–Trinajstić information content (AvgIpc) is 3.14. The number of fused-ring (bicyclic) bond motifs is 2. The second-order valence-electron chi connectivity index (χ2n) is 7.72. The van der Waals surface area contributed by atoms with Gasteiger partial charge in [0.25, 0.3) is 0 Å². The van der Waals surface area contributed by atoms with Crippen molar-refractivity contribution < 1.29 is 34.6 Å². The van der Waals surface area contributed by atoms with Gasteiger partial charge in [-0.2, -0.15) is 0 Å². The molecule has 0 radical (unpaired) electrons. The Morgan fingerprint density at radius 2 is 1.93 bits per heavy atom. The van der Waals surface area contributed by atoms with E-state index in [0.717, 1.165) is 16.9 Å². The van der Waals surface area contributed by atoms with Gasteiger partial charge in [0, 0.05) is 10.6 Å². The van der Waals surface area contributed by atoms with Gasteiger partial charge in [-0.1, -0.05) is 29.8 Å². The van der Waals surface area contributed by atoms with Gasteiger partial charge >= 0.3 is 0 Å². The molecule has 2 heterocycles. The van der Waals surface area contributed by atoms with Crippen molar-refractivity contribution in [3.8, 4) is 5.75 Å². The van der Waals surface area contributed by atoms with Crippen LogP contribution in [0.25, 0.3) is 0 Å². The second kappa shape index (κ2) is 8.09. The lowest BCUT2D eigenvalue weighted by molar-refractivity contribution is -0.329. The minimum atomic E-state index is -1.71. The second-order valence-corrected chi connectivity index (χ2v) is 8.13. The highest BCUT2D eigenvalue weighted by Gasteiger charge is 2.67. The van der Waals surface area contributed by atoms with E-state index in [9.17, 15) is 20.4 Å². The Balaban J connectivity index is 1.66. The minimum Gasteiger partial charge on any atom is -0.494 e. The number of rotatable bonds is 6. The van der Waals surface area contributed by atoms with Gasteiger partial charge in [-0.15, -0.1) is 0 Å². The highest BCUT2D eigenvalue weighted by Crippen LogP contribution is 2.49. The summed E-state index contributed by atoms with van der Waals surface area (Å²) < 4.78 is 17.1. The van der Waals surface area contributed by atoms with Crippen LogP contribution in [0.2, 0.25) is 5.02 Å². The van der Waals surface area contributed by atoms with Crippen LogP contribution in [0.5, 0.6) is 5.75 Å². The zero-order chi connectivity index (χ0) is 21.5. The Bertz CT molecular complexity index is 905. The van der Waals surface area contributed by atoms with Crippen LogP contribution in [0.1, 0.15) is 23.6 Å². The molecule has 0 saturated carbocycles. The molecule has 4 rings (SSSR count). The van der Waals surface area contributed by atoms with Gasteiger partial charge in [0.2, 0.25) is 5.79 Å². The van der Waals surface area contributed by atoms with Gasteiger partial charge in [0.05, 0.1) is 19.8 Å². The Hall–Kier alpha value is -1.71. The quantitative estimate of drug-likeness (QED) is 0.528. The molecule has 2 aliphatic heterocycles. The van der Waals surface area contributed by atoms with Crippen LogP contribution in [0.4, 0.5) is 0 Å². The SMILES string of the molecule is CCO[14c]1[14cH][14cH][14c](Cc2cc([C@]34OC[C@](CO)(O3)[C@@H](O)[C@H](O)[C@H]4O)ccc2Cl)[14cH][14cH]1. The van der Waals surface area contributed by atoms with Gasteiger partial charge in [0.1, 0.15) is 29.7 Å². The van der Waals surface area contributed by atoms with Crippen molar-refractivity contribution in [2.75, 3.05) is 19.8 Å². The van der Waals surface area contributed by atoms with Crippen molar-refractivity contribution in [2.45, 2.75) is 43.0 Å². The van der Waals surface area contributed by atoms with E-state index < -0.39 is 36.3 Å². The fourth-order valence-corrected chi connectivity index (χ4v) is 4.28. The van der Waals surface area contributed by atoms with E-state index in [0.29, 0.717) is 23.6 Å². The molecule has 2 aromatic carbocycles. The third-order valence-corrected chi connectivity index (χ3v) is 6.17. The number of benzene rings is 2. The summed E-state index contributed by atoms with van der Waals surface area (Å²) in [5.41, 5.74) is 0.719. The highest BCUT2D eigenvalue weighted by molar-refractivity contribution is 6.31. The first-order chi connectivity index (χ1) is 14.3. The molecule has 8 heteroatoms. The molecule has 2 aliphatic rings. The topological polar surface area (TPSA) is 109 Å². The molecule has 0 amide bonds. The van der Waals surface area contributed by atoms with E-state index in [2.05, 4.69) is 0 Å². The zero-order valence-corrected chi connectivity index (χ0v) is 17.2. The van der Waals surface area contributed by atoms with Crippen LogP contribution in [0, 0.1) is 0 Å². The summed E-state index contributed by atoms with van der Waals surface area (Å²) in [6, 6.07) is 12.7. The van der Waals surface area contributed by atoms with Crippen LogP contribution in [-0.2, 0) is 21.7 Å². The van der Waals surface area contributed by atoms with Crippen LogP contribution >= 0.6 is 11.6 Å². The lowest BCUT2D eigenvalue weighted by atomic mass is 9.84. The summed E-state index contributed by atoms with van der Waals surface area (Å²) in [6.07, 6.45) is -4.06. The smallest absolute Gasteiger partial charge is 0.225 e. The maximum atomic E-state index is 10.7. The van der Waals surface area contributed by atoms with Crippen molar-refractivity contribution in [2.24, 2.45) is 0 Å². The van der Waals surface area contributed by atoms with E-state index >= 15 is 0 Å². The van der Waals surface area contributed by atoms with Crippen LogP contribution in [0.15, 0.2) is 42.5 Å². The Labute approximate surface area is 179 Å². The first-order valence-corrected chi connectivity index (χ1v) is 10.2. The first-order valence-electron chi connectivity index (χ1n) is 9.85. The van der Waals surface area contributed by atoms with E-state index in [1.54, 1.807) is 18.2 Å². The Morgan fingerprint density at radius 3 is 2.60 bits per heavy atom. The number of aliphatic hydroxyl groups is 4. The summed E-state index contributed by atoms with van der Waals surface area (Å²) in [7, 11) is 0.